The number of hydrogen-bond acceptors (Lipinski definition) is 0. The summed E-state index contributed by atoms with van der Waals surface area (Å²) in [6, 6.07) is 10.6. The zero-order valence-electron chi connectivity index (χ0n) is 7.67. The fourth-order valence-electron chi connectivity index (χ4n) is 1.09. The van der Waals surface area contributed by atoms with Crippen LogP contribution in [0.15, 0.2) is 30.3 Å². The predicted octanol–water partition coefficient (Wildman–Crippen LogP) is 2.50. The van der Waals surface area contributed by atoms with Crippen LogP contribution in [-0.2, 0) is 6.42 Å². The molecule has 11 heavy (non-hydrogen) atoms. The van der Waals surface area contributed by atoms with Crippen molar-refractivity contribution in [3.63, 3.8) is 0 Å². The molecule has 0 fully saturated rings. The Morgan fingerprint density at radius 1 is 1.09 bits per heavy atom. The second-order valence-corrected chi connectivity index (χ2v) is 3.08. The third-order valence-electron chi connectivity index (χ3n) is 1.49. The molecule has 0 heterocycles. The van der Waals surface area contributed by atoms with Gasteiger partial charge in [-0.3, -0.25) is 0 Å². The number of benzene rings is 1. The molecular weight excluding hydrogens is 159 g/mol. The zero-order valence-corrected chi connectivity index (χ0v) is 10.8. The summed E-state index contributed by atoms with van der Waals surface area (Å²) in [5, 5.41) is 0. The van der Waals surface area contributed by atoms with Gasteiger partial charge in [0.1, 0.15) is 0 Å². The van der Waals surface area contributed by atoms with Gasteiger partial charge in [0.2, 0.25) is 0 Å². The third-order valence-corrected chi connectivity index (χ3v) is 1.49. The van der Waals surface area contributed by atoms with E-state index < -0.39 is 0 Å². The van der Waals surface area contributed by atoms with Gasteiger partial charge in [-0.2, -0.15) is 0 Å². The van der Waals surface area contributed by atoms with Crippen LogP contribution in [0.25, 0.3) is 0 Å². The van der Waals surface area contributed by atoms with Crippen LogP contribution in [0.1, 0.15) is 19.4 Å². The van der Waals surface area contributed by atoms with E-state index in [9.17, 15) is 0 Å². The van der Waals surface area contributed by atoms with Crippen LogP contribution in [0.4, 0.5) is 0 Å². The summed E-state index contributed by atoms with van der Waals surface area (Å²) in [6.45, 7) is 4.49. The first kappa shape index (κ1) is 11.9. The van der Waals surface area contributed by atoms with Gasteiger partial charge in [0.15, 0.2) is 0 Å². The molecule has 0 amide bonds. The van der Waals surface area contributed by atoms with Crippen molar-refractivity contribution in [3.8, 4) is 0 Å². The zero-order chi connectivity index (χ0) is 7.40. The number of rotatable bonds is 2. The third kappa shape index (κ3) is 5.15. The molecule has 1 radical (unpaired) electrons. The summed E-state index contributed by atoms with van der Waals surface area (Å²) in [5.74, 6) is 0.766. The van der Waals surface area contributed by atoms with Crippen LogP contribution >= 0.6 is 0 Å². The molecule has 0 N–H and O–H groups in total. The van der Waals surface area contributed by atoms with Gasteiger partial charge < -0.3 is 0 Å². The molecule has 1 rings (SSSR count). The van der Waals surface area contributed by atoms with Crippen molar-refractivity contribution in [1.82, 2.24) is 0 Å². The standard InChI is InChI=1S/C10H14.K/c1-9(2)8-10-6-4-3-5-7-10;/h3-7,9H,8H2,1-2H3;. The molecule has 0 aliphatic rings. The van der Waals surface area contributed by atoms with Gasteiger partial charge >= 0.3 is 0 Å². The van der Waals surface area contributed by atoms with E-state index in [0.29, 0.717) is 0 Å². The Hall–Kier alpha value is 0.856. The fraction of sp³-hybridized carbons (Fsp3) is 0.400. The van der Waals surface area contributed by atoms with E-state index in [0.717, 1.165) is 5.92 Å². The van der Waals surface area contributed by atoms with Gasteiger partial charge in [-0.15, -0.1) is 0 Å². The van der Waals surface area contributed by atoms with Crippen molar-refractivity contribution in [2.24, 2.45) is 5.92 Å². The van der Waals surface area contributed by atoms with Crippen LogP contribution in [0.3, 0.4) is 0 Å². The van der Waals surface area contributed by atoms with Crippen LogP contribution in [-0.4, -0.2) is 51.4 Å². The van der Waals surface area contributed by atoms with E-state index >= 15 is 0 Å². The van der Waals surface area contributed by atoms with Gasteiger partial charge in [0.25, 0.3) is 0 Å². The molecule has 0 spiro atoms. The minimum atomic E-state index is 0. The molecule has 1 heteroatoms. The Balaban J connectivity index is 0.000001000. The maximum atomic E-state index is 2.24. The summed E-state index contributed by atoms with van der Waals surface area (Å²) < 4.78 is 0. The van der Waals surface area contributed by atoms with Gasteiger partial charge in [-0.25, -0.2) is 0 Å². The quantitative estimate of drug-likeness (QED) is 0.603. The molecule has 1 aromatic rings. The van der Waals surface area contributed by atoms with Crippen LogP contribution < -0.4 is 0 Å². The monoisotopic (exact) mass is 173 g/mol. The summed E-state index contributed by atoms with van der Waals surface area (Å²) in [4.78, 5) is 0. The van der Waals surface area contributed by atoms with E-state index in [1.165, 1.54) is 12.0 Å². The van der Waals surface area contributed by atoms with E-state index in [1.54, 1.807) is 0 Å². The van der Waals surface area contributed by atoms with Crippen LogP contribution in [0.5, 0.6) is 0 Å². The molecule has 0 aromatic heterocycles. The van der Waals surface area contributed by atoms with Crippen LogP contribution in [0, 0.1) is 5.92 Å². The maximum absolute atomic E-state index is 2.24. The Kier molecular flexibility index (Phi) is 6.88. The molecule has 0 aliphatic heterocycles. The second-order valence-electron chi connectivity index (χ2n) is 3.08. The Bertz CT molecular complexity index is 179. The first-order valence-corrected chi connectivity index (χ1v) is 3.83. The molecule has 0 nitrogen and oxygen atoms in total. The average Bonchev–Trinajstić information content (AvgIpc) is 1.88. The van der Waals surface area contributed by atoms with Crippen molar-refractivity contribution in [2.45, 2.75) is 20.3 Å². The van der Waals surface area contributed by atoms with Crippen molar-refractivity contribution < 1.29 is 0 Å². The molecule has 0 atom stereocenters. The second kappa shape index (κ2) is 6.38. The molecule has 1 aromatic carbocycles. The molecule has 55 valence electrons. The predicted molar refractivity (Wildman–Crippen MR) is 50.7 cm³/mol. The Morgan fingerprint density at radius 2 is 1.64 bits per heavy atom. The first-order valence-electron chi connectivity index (χ1n) is 3.83. The maximum Gasteiger partial charge on any atom is 0 e. The topological polar surface area (TPSA) is 0 Å². The Morgan fingerprint density at radius 3 is 2.09 bits per heavy atom. The molecule has 0 aliphatic carbocycles. The van der Waals surface area contributed by atoms with Crippen LogP contribution in [0.2, 0.25) is 0 Å². The Labute approximate surface area is 112 Å². The minimum absolute atomic E-state index is 0. The first-order chi connectivity index (χ1) is 4.79. The van der Waals surface area contributed by atoms with Crippen molar-refractivity contribution in [1.29, 1.82) is 0 Å². The number of hydrogen-bond donors (Lipinski definition) is 0. The molecule has 0 saturated carbocycles. The average molecular weight is 173 g/mol. The van der Waals surface area contributed by atoms with Crippen molar-refractivity contribution in [2.75, 3.05) is 0 Å². The van der Waals surface area contributed by atoms with E-state index in [-0.39, 0.29) is 51.4 Å². The van der Waals surface area contributed by atoms with E-state index in [4.69, 9.17) is 0 Å². The normalized spacial score (nSPS) is 9.36. The van der Waals surface area contributed by atoms with Gasteiger partial charge in [0.05, 0.1) is 0 Å². The summed E-state index contributed by atoms with van der Waals surface area (Å²) in [5.41, 5.74) is 1.44. The summed E-state index contributed by atoms with van der Waals surface area (Å²) >= 11 is 0. The van der Waals surface area contributed by atoms with Crippen molar-refractivity contribution in [3.05, 3.63) is 35.9 Å². The molecule has 0 bridgehead atoms. The largest absolute Gasteiger partial charge is 0.0625 e. The van der Waals surface area contributed by atoms with Gasteiger partial charge in [0, 0.05) is 51.4 Å². The van der Waals surface area contributed by atoms with Gasteiger partial charge in [-0.05, 0) is 17.9 Å². The van der Waals surface area contributed by atoms with Gasteiger partial charge in [-0.1, -0.05) is 44.2 Å². The summed E-state index contributed by atoms with van der Waals surface area (Å²) in [7, 11) is 0. The smallest absolute Gasteiger partial charge is 0 e. The fourth-order valence-corrected chi connectivity index (χ4v) is 1.09. The van der Waals surface area contributed by atoms with Crippen molar-refractivity contribution >= 4 is 51.4 Å². The van der Waals surface area contributed by atoms with E-state index in [2.05, 4.69) is 44.2 Å². The SMILES string of the molecule is CC(C)Cc1ccccc1.[K]. The molecule has 0 unspecified atom stereocenters. The van der Waals surface area contributed by atoms with E-state index in [1.807, 2.05) is 0 Å². The molecule has 0 saturated heterocycles. The molecular formula is C10H14K. The summed E-state index contributed by atoms with van der Waals surface area (Å²) in [6.07, 6.45) is 1.20. The minimum Gasteiger partial charge on any atom is -0.0625 e.